The second-order valence-corrected chi connectivity index (χ2v) is 8.11. The van der Waals surface area contributed by atoms with Crippen molar-refractivity contribution in [3.8, 4) is 11.8 Å². The lowest BCUT2D eigenvalue weighted by molar-refractivity contribution is -0.113. The van der Waals surface area contributed by atoms with Gasteiger partial charge >= 0.3 is 5.97 Å². The summed E-state index contributed by atoms with van der Waals surface area (Å²) in [6.07, 6.45) is 15.5. The molecule has 0 aromatic carbocycles. The molecule has 27 heavy (non-hydrogen) atoms. The van der Waals surface area contributed by atoms with Crippen molar-refractivity contribution in [3.05, 3.63) is 21.9 Å². The first-order valence-corrected chi connectivity index (χ1v) is 11.2. The minimum Gasteiger partial charge on any atom is -0.465 e. The Kier molecular flexibility index (Phi) is 13.4. The molecule has 1 aromatic heterocycles. The quantitative estimate of drug-likeness (QED) is 0.161. The Labute approximate surface area is 168 Å². The normalized spacial score (nSPS) is 10.3. The summed E-state index contributed by atoms with van der Waals surface area (Å²) in [4.78, 5) is 24.6. The predicted octanol–water partition coefficient (Wildman–Crippen LogP) is 6.35. The molecule has 1 heterocycles. The van der Waals surface area contributed by atoms with Crippen LogP contribution in [0.2, 0.25) is 0 Å². The van der Waals surface area contributed by atoms with E-state index in [4.69, 9.17) is 0 Å². The number of Topliss-reactive ketones (excluding diaryl/α,β-unsaturated/α-hetero) is 1. The zero-order valence-corrected chi connectivity index (χ0v) is 17.8. The van der Waals surface area contributed by atoms with Crippen molar-refractivity contribution in [2.45, 2.75) is 90.4 Å². The fraction of sp³-hybridized carbons (Fsp3) is 0.652. The zero-order chi connectivity index (χ0) is 19.7. The minimum absolute atomic E-state index is 0.0867. The molecule has 0 saturated carbocycles. The van der Waals surface area contributed by atoms with Crippen molar-refractivity contribution in [1.82, 2.24) is 0 Å². The molecule has 1 aromatic rings. The summed E-state index contributed by atoms with van der Waals surface area (Å²) in [5.41, 5.74) is 0. The summed E-state index contributed by atoms with van der Waals surface area (Å²) < 4.78 is 4.67. The number of hydrogen-bond donors (Lipinski definition) is 0. The van der Waals surface area contributed by atoms with Gasteiger partial charge in [0.2, 0.25) is 5.78 Å². The molecule has 0 aliphatic rings. The van der Waals surface area contributed by atoms with Gasteiger partial charge < -0.3 is 4.74 Å². The lowest BCUT2D eigenvalue weighted by Crippen LogP contribution is -1.98. The maximum atomic E-state index is 11.9. The van der Waals surface area contributed by atoms with Crippen LogP contribution in [-0.2, 0) is 16.0 Å². The summed E-state index contributed by atoms with van der Waals surface area (Å²) in [7, 11) is 1.35. The molecule has 4 heteroatoms. The number of esters is 1. The van der Waals surface area contributed by atoms with Crippen LogP contribution in [0.1, 0.15) is 98.5 Å². The topological polar surface area (TPSA) is 43.4 Å². The van der Waals surface area contributed by atoms with Crippen LogP contribution in [0.5, 0.6) is 0 Å². The highest BCUT2D eigenvalue weighted by Crippen LogP contribution is 2.18. The van der Waals surface area contributed by atoms with E-state index in [2.05, 4.69) is 23.5 Å². The molecule has 0 aliphatic carbocycles. The van der Waals surface area contributed by atoms with Crippen molar-refractivity contribution in [2.24, 2.45) is 0 Å². The Morgan fingerprint density at radius 1 is 0.926 bits per heavy atom. The molecule has 0 N–H and O–H groups in total. The average Bonchev–Trinajstić information content (AvgIpc) is 3.13. The first-order chi connectivity index (χ1) is 13.2. The predicted molar refractivity (Wildman–Crippen MR) is 113 cm³/mol. The molecule has 1 rings (SSSR count). The number of methoxy groups -OCH3 is 1. The van der Waals surface area contributed by atoms with Crippen LogP contribution in [0.15, 0.2) is 12.1 Å². The molecule has 0 fully saturated rings. The lowest BCUT2D eigenvalue weighted by Gasteiger charge is -2.01. The number of thiophene rings is 1. The highest BCUT2D eigenvalue weighted by Gasteiger charge is 2.10. The van der Waals surface area contributed by atoms with Gasteiger partial charge in [-0.05, 0) is 24.5 Å². The fourth-order valence-electron chi connectivity index (χ4n) is 2.92. The molecular formula is C23H34O3S. The Hall–Kier alpha value is -1.60. The first-order valence-electron chi connectivity index (χ1n) is 10.4. The SMILES string of the molecule is CCCCCCCCCCCCCC#CC(=O)Cc1ccc(C(=O)OC)s1. The van der Waals surface area contributed by atoms with Gasteiger partial charge in [0.1, 0.15) is 4.88 Å². The van der Waals surface area contributed by atoms with Gasteiger partial charge in [-0.15, -0.1) is 11.3 Å². The Balaban J connectivity index is 2.02. The van der Waals surface area contributed by atoms with Crippen LogP contribution in [0.4, 0.5) is 0 Å². The summed E-state index contributed by atoms with van der Waals surface area (Å²) >= 11 is 1.29. The van der Waals surface area contributed by atoms with Gasteiger partial charge in [-0.3, -0.25) is 4.79 Å². The van der Waals surface area contributed by atoms with Crippen molar-refractivity contribution in [3.63, 3.8) is 0 Å². The van der Waals surface area contributed by atoms with Crippen LogP contribution in [0.3, 0.4) is 0 Å². The molecule has 0 bridgehead atoms. The van der Waals surface area contributed by atoms with Gasteiger partial charge in [-0.25, -0.2) is 4.79 Å². The van der Waals surface area contributed by atoms with E-state index in [-0.39, 0.29) is 18.2 Å². The number of unbranched alkanes of at least 4 members (excludes halogenated alkanes) is 11. The van der Waals surface area contributed by atoms with Crippen molar-refractivity contribution in [2.75, 3.05) is 7.11 Å². The van der Waals surface area contributed by atoms with Gasteiger partial charge in [-0.2, -0.15) is 0 Å². The Morgan fingerprint density at radius 3 is 2.11 bits per heavy atom. The molecular weight excluding hydrogens is 356 g/mol. The van der Waals surface area contributed by atoms with Crippen molar-refractivity contribution < 1.29 is 14.3 Å². The standard InChI is InChI=1S/C23H34O3S/c1-3-4-5-6-7-8-9-10-11-12-13-14-15-16-20(24)19-21-17-18-22(27-21)23(25)26-2/h17-18H,3-14,19H2,1-2H3. The molecule has 0 atom stereocenters. The van der Waals surface area contributed by atoms with Gasteiger partial charge in [-0.1, -0.05) is 77.1 Å². The number of ketones is 1. The third-order valence-electron chi connectivity index (χ3n) is 4.52. The van der Waals surface area contributed by atoms with E-state index in [1.165, 1.54) is 82.7 Å². The molecule has 0 unspecified atom stereocenters. The molecule has 0 saturated heterocycles. The molecule has 0 aliphatic heterocycles. The average molecular weight is 391 g/mol. The van der Waals surface area contributed by atoms with Crippen LogP contribution in [0.25, 0.3) is 0 Å². The maximum Gasteiger partial charge on any atom is 0.348 e. The third-order valence-corrected chi connectivity index (χ3v) is 5.58. The molecule has 3 nitrogen and oxygen atoms in total. The van der Waals surface area contributed by atoms with Gasteiger partial charge in [0.05, 0.1) is 13.5 Å². The molecule has 0 radical (unpaired) electrons. The highest BCUT2D eigenvalue weighted by molar-refractivity contribution is 7.14. The number of carbonyl (C=O) groups is 2. The zero-order valence-electron chi connectivity index (χ0n) is 17.0. The van der Waals surface area contributed by atoms with Gasteiger partial charge in [0.15, 0.2) is 0 Å². The van der Waals surface area contributed by atoms with Gasteiger partial charge in [0.25, 0.3) is 0 Å². The van der Waals surface area contributed by atoms with E-state index < -0.39 is 0 Å². The van der Waals surface area contributed by atoms with E-state index in [1.807, 2.05) is 0 Å². The minimum atomic E-state index is -0.360. The summed E-state index contributed by atoms with van der Waals surface area (Å²) in [5.74, 6) is 5.26. The van der Waals surface area contributed by atoms with E-state index in [0.29, 0.717) is 4.88 Å². The molecule has 0 amide bonds. The number of hydrogen-bond acceptors (Lipinski definition) is 4. The summed E-state index contributed by atoms with van der Waals surface area (Å²) in [5, 5.41) is 0. The van der Waals surface area contributed by atoms with E-state index in [9.17, 15) is 9.59 Å². The van der Waals surface area contributed by atoms with Crippen LogP contribution in [0, 0.1) is 11.8 Å². The molecule has 0 spiro atoms. The van der Waals surface area contributed by atoms with Crippen LogP contribution < -0.4 is 0 Å². The Morgan fingerprint density at radius 2 is 1.52 bits per heavy atom. The summed E-state index contributed by atoms with van der Waals surface area (Å²) in [6, 6.07) is 3.48. The van der Waals surface area contributed by atoms with Crippen molar-refractivity contribution >= 4 is 23.1 Å². The number of ether oxygens (including phenoxy) is 1. The van der Waals surface area contributed by atoms with E-state index >= 15 is 0 Å². The second-order valence-electron chi connectivity index (χ2n) is 6.94. The largest absolute Gasteiger partial charge is 0.465 e. The smallest absolute Gasteiger partial charge is 0.348 e. The second kappa shape index (κ2) is 15.5. The number of rotatable bonds is 14. The first kappa shape index (κ1) is 23.4. The maximum absolute atomic E-state index is 11.9. The van der Waals surface area contributed by atoms with E-state index in [0.717, 1.165) is 17.7 Å². The van der Waals surface area contributed by atoms with Gasteiger partial charge in [0, 0.05) is 11.3 Å². The highest BCUT2D eigenvalue weighted by atomic mass is 32.1. The number of carbonyl (C=O) groups excluding carboxylic acids is 2. The lowest BCUT2D eigenvalue weighted by atomic mass is 10.1. The van der Waals surface area contributed by atoms with Crippen LogP contribution >= 0.6 is 11.3 Å². The third kappa shape index (κ3) is 11.7. The fourth-order valence-corrected chi connectivity index (χ4v) is 3.85. The summed E-state index contributed by atoms with van der Waals surface area (Å²) in [6.45, 7) is 2.26. The Bertz CT molecular complexity index is 607. The monoisotopic (exact) mass is 390 g/mol. The van der Waals surface area contributed by atoms with Crippen molar-refractivity contribution in [1.29, 1.82) is 0 Å². The molecule has 150 valence electrons. The van der Waals surface area contributed by atoms with E-state index in [1.54, 1.807) is 12.1 Å². The van der Waals surface area contributed by atoms with Crippen LogP contribution in [-0.4, -0.2) is 18.9 Å².